The van der Waals surface area contributed by atoms with Crippen molar-refractivity contribution >= 4 is 17.6 Å². The molecule has 0 aliphatic rings. The highest BCUT2D eigenvalue weighted by Crippen LogP contribution is 2.34. The molecule has 0 radical (unpaired) electrons. The summed E-state index contributed by atoms with van der Waals surface area (Å²) in [5, 5.41) is 5.02. The minimum absolute atomic E-state index is 0.363. The number of rotatable bonds is 3. The first kappa shape index (κ1) is 13.6. The molecule has 0 amide bonds. The summed E-state index contributed by atoms with van der Waals surface area (Å²) in [4.78, 5) is 11.3. The van der Waals surface area contributed by atoms with E-state index in [4.69, 9.17) is 16.3 Å². The van der Waals surface area contributed by atoms with Crippen molar-refractivity contribution in [2.24, 2.45) is 0 Å². The fourth-order valence-electron chi connectivity index (χ4n) is 1.99. The van der Waals surface area contributed by atoms with Crippen molar-refractivity contribution in [3.8, 4) is 17.0 Å². The summed E-state index contributed by atoms with van der Waals surface area (Å²) in [6.45, 7) is 5.84. The SMILES string of the molecule is CCn1nc(C)c(-c2cccc(Cl)c2)c1OC(C)=O. The number of aromatic nitrogens is 2. The Kier molecular flexibility index (Phi) is 3.90. The Morgan fingerprint density at radius 1 is 1.47 bits per heavy atom. The summed E-state index contributed by atoms with van der Waals surface area (Å²) >= 11 is 6.01. The molecule has 0 unspecified atom stereocenters. The van der Waals surface area contributed by atoms with Crippen LogP contribution in [0.2, 0.25) is 5.02 Å². The Morgan fingerprint density at radius 3 is 2.79 bits per heavy atom. The van der Waals surface area contributed by atoms with Gasteiger partial charge in [0.25, 0.3) is 0 Å². The molecular formula is C14H15ClN2O2. The molecule has 0 saturated carbocycles. The zero-order chi connectivity index (χ0) is 14.0. The first-order valence-electron chi connectivity index (χ1n) is 6.04. The number of carbonyl (C=O) groups is 1. The van der Waals surface area contributed by atoms with Gasteiger partial charge in [-0.2, -0.15) is 5.10 Å². The van der Waals surface area contributed by atoms with E-state index in [2.05, 4.69) is 5.10 Å². The zero-order valence-corrected chi connectivity index (χ0v) is 11.9. The Bertz CT molecular complexity index is 620. The molecule has 19 heavy (non-hydrogen) atoms. The molecule has 1 aromatic heterocycles. The molecular weight excluding hydrogens is 264 g/mol. The lowest BCUT2D eigenvalue weighted by atomic mass is 10.1. The third-order valence-corrected chi connectivity index (χ3v) is 2.97. The normalized spacial score (nSPS) is 10.5. The van der Waals surface area contributed by atoms with E-state index in [1.807, 2.05) is 32.0 Å². The fraction of sp³-hybridized carbons (Fsp3) is 0.286. The van der Waals surface area contributed by atoms with E-state index < -0.39 is 0 Å². The van der Waals surface area contributed by atoms with Crippen LogP contribution in [0.3, 0.4) is 0 Å². The maximum absolute atomic E-state index is 11.3. The minimum Gasteiger partial charge on any atom is -0.407 e. The maximum atomic E-state index is 11.3. The Hall–Kier alpha value is -1.81. The van der Waals surface area contributed by atoms with Gasteiger partial charge in [-0.15, -0.1) is 0 Å². The highest BCUT2D eigenvalue weighted by atomic mass is 35.5. The quantitative estimate of drug-likeness (QED) is 0.808. The van der Waals surface area contributed by atoms with Gasteiger partial charge >= 0.3 is 5.97 Å². The van der Waals surface area contributed by atoms with Crippen molar-refractivity contribution in [1.82, 2.24) is 9.78 Å². The van der Waals surface area contributed by atoms with Crippen LogP contribution in [0.25, 0.3) is 11.1 Å². The molecule has 4 nitrogen and oxygen atoms in total. The van der Waals surface area contributed by atoms with Gasteiger partial charge in [-0.1, -0.05) is 23.7 Å². The molecule has 0 bridgehead atoms. The van der Waals surface area contributed by atoms with Crippen LogP contribution >= 0.6 is 11.6 Å². The molecule has 1 heterocycles. The number of hydrogen-bond acceptors (Lipinski definition) is 3. The Morgan fingerprint density at radius 2 is 2.21 bits per heavy atom. The zero-order valence-electron chi connectivity index (χ0n) is 11.1. The van der Waals surface area contributed by atoms with E-state index in [1.54, 1.807) is 10.7 Å². The van der Waals surface area contributed by atoms with Crippen LogP contribution in [0.15, 0.2) is 24.3 Å². The number of halogens is 1. The molecule has 1 aromatic carbocycles. The van der Waals surface area contributed by atoms with E-state index in [0.717, 1.165) is 16.8 Å². The Labute approximate surface area is 116 Å². The lowest BCUT2D eigenvalue weighted by molar-refractivity contribution is -0.132. The van der Waals surface area contributed by atoms with Gasteiger partial charge in [0.1, 0.15) is 0 Å². The first-order valence-corrected chi connectivity index (χ1v) is 6.42. The molecule has 0 saturated heterocycles. The molecule has 0 fully saturated rings. The summed E-state index contributed by atoms with van der Waals surface area (Å²) in [6, 6.07) is 7.41. The number of hydrogen-bond donors (Lipinski definition) is 0. The van der Waals surface area contributed by atoms with Crippen molar-refractivity contribution in [2.45, 2.75) is 27.3 Å². The van der Waals surface area contributed by atoms with Crippen LogP contribution in [-0.2, 0) is 11.3 Å². The minimum atomic E-state index is -0.363. The van der Waals surface area contributed by atoms with Gasteiger partial charge in [-0.3, -0.25) is 4.79 Å². The molecule has 5 heteroatoms. The average Bonchev–Trinajstić information content (AvgIpc) is 2.64. The van der Waals surface area contributed by atoms with E-state index >= 15 is 0 Å². The second-order valence-corrected chi connectivity index (χ2v) is 4.62. The fourth-order valence-corrected chi connectivity index (χ4v) is 2.18. The van der Waals surface area contributed by atoms with Gasteiger partial charge in [0.2, 0.25) is 5.88 Å². The van der Waals surface area contributed by atoms with E-state index in [0.29, 0.717) is 17.4 Å². The Balaban J connectivity index is 2.61. The third kappa shape index (κ3) is 2.79. The number of aryl methyl sites for hydroxylation is 2. The smallest absolute Gasteiger partial charge is 0.309 e. The second kappa shape index (κ2) is 5.45. The molecule has 100 valence electrons. The lowest BCUT2D eigenvalue weighted by Gasteiger charge is -2.07. The van der Waals surface area contributed by atoms with Gasteiger partial charge in [-0.25, -0.2) is 4.68 Å². The summed E-state index contributed by atoms with van der Waals surface area (Å²) < 4.78 is 6.97. The molecule has 0 aliphatic carbocycles. The maximum Gasteiger partial charge on any atom is 0.309 e. The van der Waals surface area contributed by atoms with Crippen LogP contribution < -0.4 is 4.74 Å². The monoisotopic (exact) mass is 278 g/mol. The summed E-state index contributed by atoms with van der Waals surface area (Å²) in [6.07, 6.45) is 0. The number of esters is 1. The highest BCUT2D eigenvalue weighted by Gasteiger charge is 2.19. The predicted octanol–water partition coefficient (Wildman–Crippen LogP) is 3.46. The van der Waals surface area contributed by atoms with Crippen molar-refractivity contribution in [3.05, 3.63) is 35.0 Å². The van der Waals surface area contributed by atoms with Gasteiger partial charge in [0.05, 0.1) is 11.3 Å². The van der Waals surface area contributed by atoms with Crippen LogP contribution in [0.4, 0.5) is 0 Å². The summed E-state index contributed by atoms with van der Waals surface area (Å²) in [5.41, 5.74) is 2.50. The van der Waals surface area contributed by atoms with Gasteiger partial charge in [0.15, 0.2) is 0 Å². The van der Waals surface area contributed by atoms with Crippen LogP contribution in [0.1, 0.15) is 19.5 Å². The van der Waals surface area contributed by atoms with Crippen LogP contribution in [0.5, 0.6) is 5.88 Å². The lowest BCUT2D eigenvalue weighted by Crippen LogP contribution is -2.08. The van der Waals surface area contributed by atoms with Crippen LogP contribution in [0, 0.1) is 6.92 Å². The summed E-state index contributed by atoms with van der Waals surface area (Å²) in [5.74, 6) is 0.104. The topological polar surface area (TPSA) is 44.1 Å². The van der Waals surface area contributed by atoms with Gasteiger partial charge in [0, 0.05) is 18.5 Å². The number of ether oxygens (including phenoxy) is 1. The number of nitrogens with zero attached hydrogens (tertiary/aromatic N) is 2. The molecule has 0 N–H and O–H groups in total. The van der Waals surface area contributed by atoms with Crippen molar-refractivity contribution in [1.29, 1.82) is 0 Å². The molecule has 0 aliphatic heterocycles. The van der Waals surface area contributed by atoms with Crippen molar-refractivity contribution < 1.29 is 9.53 Å². The van der Waals surface area contributed by atoms with E-state index in [9.17, 15) is 4.79 Å². The average molecular weight is 279 g/mol. The summed E-state index contributed by atoms with van der Waals surface area (Å²) in [7, 11) is 0. The second-order valence-electron chi connectivity index (χ2n) is 4.19. The molecule has 2 rings (SSSR count). The van der Waals surface area contributed by atoms with Crippen molar-refractivity contribution in [2.75, 3.05) is 0 Å². The standard InChI is InChI=1S/C14H15ClN2O2/c1-4-17-14(19-10(3)18)13(9(2)16-17)11-6-5-7-12(15)8-11/h5-8H,4H2,1-3H3. The van der Waals surface area contributed by atoms with Crippen molar-refractivity contribution in [3.63, 3.8) is 0 Å². The number of benzene rings is 1. The highest BCUT2D eigenvalue weighted by molar-refractivity contribution is 6.30. The van der Waals surface area contributed by atoms with Gasteiger partial charge < -0.3 is 4.74 Å². The number of carbonyl (C=O) groups excluding carboxylic acids is 1. The van der Waals surface area contributed by atoms with E-state index in [-0.39, 0.29) is 5.97 Å². The largest absolute Gasteiger partial charge is 0.407 e. The third-order valence-electron chi connectivity index (χ3n) is 2.73. The predicted molar refractivity (Wildman–Crippen MR) is 74.4 cm³/mol. The first-order chi connectivity index (χ1) is 9.02. The molecule has 0 atom stereocenters. The molecule has 0 spiro atoms. The van der Waals surface area contributed by atoms with Gasteiger partial charge in [-0.05, 0) is 31.5 Å². The van der Waals surface area contributed by atoms with Crippen LogP contribution in [-0.4, -0.2) is 15.7 Å². The van der Waals surface area contributed by atoms with E-state index in [1.165, 1.54) is 6.92 Å². The molecule has 2 aromatic rings.